The van der Waals surface area contributed by atoms with Gasteiger partial charge in [0, 0.05) is 12.2 Å². The first-order valence-corrected chi connectivity index (χ1v) is 12.5. The minimum absolute atomic E-state index is 0.786. The van der Waals surface area contributed by atoms with E-state index in [4.69, 9.17) is 0 Å². The van der Waals surface area contributed by atoms with Gasteiger partial charge in [0.2, 0.25) is 0 Å². The van der Waals surface area contributed by atoms with Gasteiger partial charge in [0.1, 0.15) is 14.1 Å². The van der Waals surface area contributed by atoms with Crippen LogP contribution in [0.3, 0.4) is 0 Å². The van der Waals surface area contributed by atoms with Gasteiger partial charge in [-0.05, 0) is 107 Å². The van der Waals surface area contributed by atoms with E-state index in [2.05, 4.69) is 76.4 Å². The van der Waals surface area contributed by atoms with Gasteiger partial charge < -0.3 is 9.80 Å². The summed E-state index contributed by atoms with van der Waals surface area (Å²) in [6.07, 6.45) is 20.6. The maximum absolute atomic E-state index is 3.40. The van der Waals surface area contributed by atoms with Crippen LogP contribution in [0, 0.1) is 17.8 Å². The summed E-state index contributed by atoms with van der Waals surface area (Å²) in [7, 11) is 11.2. The summed E-state index contributed by atoms with van der Waals surface area (Å²) >= 11 is 0. The third-order valence-electron chi connectivity index (χ3n) is 8.44. The number of rotatable bonds is 6. The van der Waals surface area contributed by atoms with Gasteiger partial charge in [0.15, 0.2) is 5.71 Å². The highest BCUT2D eigenvalue weighted by atomic mass is 15.3. The van der Waals surface area contributed by atoms with Gasteiger partial charge in [0.25, 0.3) is 0 Å². The molecule has 0 aromatic heterocycles. The maximum atomic E-state index is 3.40. The second kappa shape index (κ2) is 10.4. The van der Waals surface area contributed by atoms with Crippen LogP contribution in [-0.4, -0.2) is 69.1 Å². The summed E-state index contributed by atoms with van der Waals surface area (Å²) in [6, 6.07) is 0.843. The predicted molar refractivity (Wildman–Crippen MR) is 130 cm³/mol. The van der Waals surface area contributed by atoms with Crippen molar-refractivity contribution in [1.82, 2.24) is 5.32 Å². The van der Waals surface area contributed by atoms with E-state index < -0.39 is 0 Å². The number of allylic oxidation sites excluding steroid dienone is 6. The lowest BCUT2D eigenvalue weighted by molar-refractivity contribution is -0.914. The molecule has 0 spiro atoms. The molecule has 3 heteroatoms. The Morgan fingerprint density at radius 1 is 0.900 bits per heavy atom. The number of nitrogens with one attached hydrogen (secondary N) is 1. The quantitative estimate of drug-likeness (QED) is 0.488. The minimum atomic E-state index is 0.786. The van der Waals surface area contributed by atoms with Crippen LogP contribution in [0.1, 0.15) is 58.3 Å². The molecule has 2 fully saturated rings. The van der Waals surface area contributed by atoms with Crippen LogP contribution in [0.15, 0.2) is 35.5 Å². The molecule has 3 aliphatic carbocycles. The highest BCUT2D eigenvalue weighted by molar-refractivity contribution is 6.02. The van der Waals surface area contributed by atoms with Crippen molar-refractivity contribution in [3.63, 3.8) is 0 Å². The van der Waals surface area contributed by atoms with Crippen LogP contribution in [0.25, 0.3) is 0 Å². The molecule has 30 heavy (non-hydrogen) atoms. The van der Waals surface area contributed by atoms with E-state index in [1.807, 2.05) is 5.57 Å². The second-order valence-electron chi connectivity index (χ2n) is 10.8. The van der Waals surface area contributed by atoms with Crippen LogP contribution in [-0.2, 0) is 0 Å². The van der Waals surface area contributed by atoms with E-state index in [1.54, 1.807) is 0 Å². The number of hydrogen-bond donors (Lipinski definition) is 1. The molecule has 3 aliphatic rings. The van der Waals surface area contributed by atoms with E-state index in [-0.39, 0.29) is 0 Å². The van der Waals surface area contributed by atoms with Crippen molar-refractivity contribution in [2.45, 2.75) is 64.3 Å². The Morgan fingerprint density at radius 3 is 1.90 bits per heavy atom. The zero-order valence-corrected chi connectivity index (χ0v) is 20.6. The third-order valence-corrected chi connectivity index (χ3v) is 8.44. The van der Waals surface area contributed by atoms with Crippen molar-refractivity contribution < 1.29 is 9.06 Å². The van der Waals surface area contributed by atoms with Gasteiger partial charge in [-0.1, -0.05) is 5.57 Å². The molecule has 3 rings (SSSR count). The summed E-state index contributed by atoms with van der Waals surface area (Å²) in [5.74, 6) is 2.45. The Kier molecular flexibility index (Phi) is 8.15. The van der Waals surface area contributed by atoms with Gasteiger partial charge >= 0.3 is 0 Å². The molecule has 0 heterocycles. The molecule has 0 radical (unpaired) electrons. The number of quaternary nitrogens is 1. The zero-order valence-electron chi connectivity index (χ0n) is 20.6. The molecular formula is C27H47N3+2. The van der Waals surface area contributed by atoms with Gasteiger partial charge in [-0.15, -0.1) is 0 Å². The summed E-state index contributed by atoms with van der Waals surface area (Å²) in [5, 5.41) is 3.40. The molecule has 168 valence electrons. The van der Waals surface area contributed by atoms with Gasteiger partial charge in [-0.2, -0.15) is 0 Å². The average Bonchev–Trinajstić information content (AvgIpc) is 2.76. The fourth-order valence-corrected chi connectivity index (χ4v) is 6.07. The Morgan fingerprint density at radius 2 is 1.43 bits per heavy atom. The molecule has 0 aromatic carbocycles. The van der Waals surface area contributed by atoms with E-state index in [0.29, 0.717) is 0 Å². The summed E-state index contributed by atoms with van der Waals surface area (Å²) in [4.78, 5) is 0. The second-order valence-corrected chi connectivity index (χ2v) is 10.8. The van der Waals surface area contributed by atoms with Crippen molar-refractivity contribution in [2.24, 2.45) is 17.8 Å². The van der Waals surface area contributed by atoms with Crippen molar-refractivity contribution in [2.75, 3.05) is 48.3 Å². The highest BCUT2D eigenvalue weighted by Crippen LogP contribution is 2.44. The zero-order chi connectivity index (χ0) is 21.7. The van der Waals surface area contributed by atoms with Crippen molar-refractivity contribution in [3.8, 4) is 0 Å². The Bertz CT molecular complexity index is 672. The molecule has 0 saturated heterocycles. The molecule has 0 aromatic rings. The van der Waals surface area contributed by atoms with E-state index in [0.717, 1.165) is 23.8 Å². The fraction of sp³-hybridized carbons (Fsp3) is 0.741. The topological polar surface area (TPSA) is 15.0 Å². The summed E-state index contributed by atoms with van der Waals surface area (Å²) in [5.41, 5.74) is 4.65. The minimum Gasteiger partial charge on any atom is -0.326 e. The van der Waals surface area contributed by atoms with E-state index >= 15 is 0 Å². The van der Waals surface area contributed by atoms with Crippen LogP contribution in [0.5, 0.6) is 0 Å². The average molecular weight is 414 g/mol. The van der Waals surface area contributed by atoms with Gasteiger partial charge in [-0.3, -0.25) is 0 Å². The lowest BCUT2D eigenvalue weighted by atomic mass is 9.69. The molecule has 1 N–H and O–H groups in total. The molecule has 0 bridgehead atoms. The van der Waals surface area contributed by atoms with Gasteiger partial charge in [0.05, 0.1) is 26.7 Å². The van der Waals surface area contributed by atoms with Crippen molar-refractivity contribution in [3.05, 3.63) is 35.5 Å². The third kappa shape index (κ3) is 5.53. The lowest BCUT2D eigenvalue weighted by Crippen LogP contribution is -2.50. The Labute approximate surface area is 186 Å². The summed E-state index contributed by atoms with van der Waals surface area (Å²) in [6.45, 7) is 4.78. The molecule has 0 aliphatic heterocycles. The predicted octanol–water partition coefficient (Wildman–Crippen LogP) is 4.80. The first kappa shape index (κ1) is 23.5. The number of hydrogen-bond acceptors (Lipinski definition) is 1. The van der Waals surface area contributed by atoms with Crippen LogP contribution < -0.4 is 5.32 Å². The monoisotopic (exact) mass is 413 g/mol. The fourth-order valence-electron chi connectivity index (χ4n) is 6.07. The first-order chi connectivity index (χ1) is 14.4. The van der Waals surface area contributed by atoms with Crippen molar-refractivity contribution in [1.29, 1.82) is 0 Å². The molecule has 0 atom stereocenters. The summed E-state index contributed by atoms with van der Waals surface area (Å²) < 4.78 is 3.40. The van der Waals surface area contributed by atoms with E-state index in [9.17, 15) is 0 Å². The number of nitrogens with zero attached hydrogens (tertiary/aromatic N) is 2. The largest absolute Gasteiger partial charge is 0.326 e. The Hall–Kier alpha value is -1.19. The SMILES string of the molecule is CC[N+](C)(C)C1CCC(C(=C2C=CC(=[N+](C)C)C=C2)C2CCC(CNC)CC2)CC1. The van der Waals surface area contributed by atoms with Crippen LogP contribution in [0.2, 0.25) is 0 Å². The van der Waals surface area contributed by atoms with E-state index in [1.165, 1.54) is 80.2 Å². The standard InChI is InChI=1S/C27H47N3/c1-7-30(5,6)26-18-14-24(15-19-26)27(22-10-8-21(9-11-22)20-28-2)23-12-16-25(17-13-23)29(3)4/h12-13,16-17,21-22,24,26,28H,7-11,14-15,18-20H2,1-6H3/q+2. The lowest BCUT2D eigenvalue weighted by Gasteiger charge is -2.43. The Balaban J connectivity index is 1.80. The molecule has 3 nitrogen and oxygen atoms in total. The van der Waals surface area contributed by atoms with Gasteiger partial charge in [-0.25, -0.2) is 4.58 Å². The van der Waals surface area contributed by atoms with Crippen molar-refractivity contribution >= 4 is 5.71 Å². The molecule has 0 unspecified atom stereocenters. The highest BCUT2D eigenvalue weighted by Gasteiger charge is 2.36. The normalized spacial score (nSPS) is 29.9. The first-order valence-electron chi connectivity index (χ1n) is 12.5. The van der Waals surface area contributed by atoms with Crippen LogP contribution in [0.4, 0.5) is 0 Å². The van der Waals surface area contributed by atoms with Crippen LogP contribution >= 0.6 is 0 Å². The molecular weight excluding hydrogens is 366 g/mol. The molecule has 2 saturated carbocycles. The molecule has 0 amide bonds. The smallest absolute Gasteiger partial charge is 0.199 e. The maximum Gasteiger partial charge on any atom is 0.199 e.